The van der Waals surface area contributed by atoms with Crippen LogP contribution >= 0.6 is 11.8 Å². The van der Waals surface area contributed by atoms with E-state index in [9.17, 15) is 0 Å². The third kappa shape index (κ3) is 5.97. The highest BCUT2D eigenvalue weighted by Gasteiger charge is 2.18. The summed E-state index contributed by atoms with van der Waals surface area (Å²) in [5, 5.41) is 0. The largest absolute Gasteiger partial charge is 0.253 e. The van der Waals surface area contributed by atoms with E-state index >= 15 is 0 Å². The Kier molecular flexibility index (Phi) is 8.24. The summed E-state index contributed by atoms with van der Waals surface area (Å²) < 4.78 is 0. The lowest BCUT2D eigenvalue weighted by Crippen LogP contribution is -1.97. The molecular formula is C37H33NS. The Balaban J connectivity index is 1.79. The van der Waals surface area contributed by atoms with Gasteiger partial charge >= 0.3 is 0 Å². The highest BCUT2D eigenvalue weighted by atomic mass is 32.2. The molecule has 0 saturated carbocycles. The second-order valence-corrected chi connectivity index (χ2v) is 10.6. The van der Waals surface area contributed by atoms with E-state index in [0.717, 1.165) is 11.4 Å². The summed E-state index contributed by atoms with van der Waals surface area (Å²) in [5.74, 6) is 0. The fraction of sp³-hybridized carbons (Fsp3) is 0.108. The molecule has 0 spiro atoms. The van der Waals surface area contributed by atoms with Crippen molar-refractivity contribution in [3.05, 3.63) is 144 Å². The van der Waals surface area contributed by atoms with Gasteiger partial charge in [-0.2, -0.15) is 0 Å². The predicted molar refractivity (Wildman–Crippen MR) is 173 cm³/mol. The normalized spacial score (nSPS) is 12.0. The third-order valence-electron chi connectivity index (χ3n) is 6.95. The number of para-hydroxylation sites is 1. The van der Waals surface area contributed by atoms with Crippen LogP contribution in [-0.2, 0) is 0 Å². The Morgan fingerprint density at radius 3 is 1.51 bits per heavy atom. The van der Waals surface area contributed by atoms with E-state index in [-0.39, 0.29) is 0 Å². The second kappa shape index (κ2) is 12.1. The number of allylic oxidation sites excluding steroid dienone is 1. The topological polar surface area (TPSA) is 12.4 Å². The summed E-state index contributed by atoms with van der Waals surface area (Å²) in [7, 11) is 0. The van der Waals surface area contributed by atoms with Gasteiger partial charge in [-0.05, 0) is 89.7 Å². The van der Waals surface area contributed by atoms with Crippen molar-refractivity contribution >= 4 is 28.1 Å². The zero-order chi connectivity index (χ0) is 27.2. The molecule has 0 aromatic heterocycles. The molecule has 0 saturated heterocycles. The Hall–Kier alpha value is -4.14. The monoisotopic (exact) mass is 523 g/mol. The van der Waals surface area contributed by atoms with Crippen LogP contribution in [-0.4, -0.2) is 12.0 Å². The first-order valence-electron chi connectivity index (χ1n) is 13.3. The Morgan fingerprint density at radius 1 is 0.590 bits per heavy atom. The number of hydrogen-bond acceptors (Lipinski definition) is 2. The van der Waals surface area contributed by atoms with Crippen LogP contribution < -0.4 is 0 Å². The van der Waals surface area contributed by atoms with E-state index in [1.54, 1.807) is 11.8 Å². The first kappa shape index (κ1) is 26.5. The number of hydrogen-bond donors (Lipinski definition) is 0. The molecule has 192 valence electrons. The number of rotatable bonds is 7. The first-order valence-corrected chi connectivity index (χ1v) is 14.5. The highest BCUT2D eigenvalue weighted by molar-refractivity contribution is 8.07. The molecule has 0 aliphatic heterocycles. The average molecular weight is 524 g/mol. The summed E-state index contributed by atoms with van der Waals surface area (Å²) in [4.78, 5) is 6.26. The molecule has 5 aromatic carbocycles. The lowest BCUT2D eigenvalue weighted by Gasteiger charge is -2.20. The van der Waals surface area contributed by atoms with E-state index in [4.69, 9.17) is 4.99 Å². The van der Waals surface area contributed by atoms with Gasteiger partial charge in [0.2, 0.25) is 0 Å². The van der Waals surface area contributed by atoms with E-state index in [1.165, 1.54) is 55.0 Å². The summed E-state index contributed by atoms with van der Waals surface area (Å²) in [6, 6.07) is 43.1. The lowest BCUT2D eigenvalue weighted by molar-refractivity contribution is 1.32. The van der Waals surface area contributed by atoms with Gasteiger partial charge in [0.05, 0.1) is 5.69 Å². The number of aliphatic imine (C=N–C) groups is 1. The first-order chi connectivity index (χ1) is 19.0. The molecule has 0 aliphatic rings. The van der Waals surface area contributed by atoms with Gasteiger partial charge in [-0.15, -0.1) is 11.8 Å². The standard InChI is InChI=1S/C37H33NS/c1-26-15-14-16-27(2)37(26)38-28(3)23-35(39-4)36-33(30-19-10-6-11-20-30)24-32(29-17-8-5-9-18-29)25-34(36)31-21-12-7-13-22-31/h5-25H,1-4H3/b35-23+,38-28?. The number of thioether (sulfide) groups is 1. The van der Waals surface area contributed by atoms with Crippen molar-refractivity contribution in [3.8, 4) is 33.4 Å². The number of benzene rings is 5. The van der Waals surface area contributed by atoms with Crippen molar-refractivity contribution in [2.75, 3.05) is 6.26 Å². The van der Waals surface area contributed by atoms with Gasteiger partial charge < -0.3 is 0 Å². The zero-order valence-corrected chi connectivity index (χ0v) is 23.8. The van der Waals surface area contributed by atoms with Gasteiger partial charge in [-0.25, -0.2) is 0 Å². The Bertz CT molecular complexity index is 1550. The SMILES string of the molecule is CS/C(=C/C(C)=Nc1c(C)cccc1C)c1c(-c2ccccc2)cc(-c2ccccc2)cc1-c1ccccc1. The zero-order valence-electron chi connectivity index (χ0n) is 23.0. The molecule has 0 bridgehead atoms. The Labute approximate surface area is 237 Å². The molecule has 2 heteroatoms. The van der Waals surface area contributed by atoms with E-state index < -0.39 is 0 Å². The van der Waals surface area contributed by atoms with Crippen molar-refractivity contribution < 1.29 is 0 Å². The van der Waals surface area contributed by atoms with Crippen LogP contribution in [0.4, 0.5) is 5.69 Å². The highest BCUT2D eigenvalue weighted by Crippen LogP contribution is 2.44. The number of nitrogens with zero attached hydrogens (tertiary/aromatic N) is 1. The maximum Gasteiger partial charge on any atom is 0.0691 e. The Morgan fingerprint density at radius 2 is 1.05 bits per heavy atom. The molecule has 0 heterocycles. The van der Waals surface area contributed by atoms with Crippen molar-refractivity contribution in [2.45, 2.75) is 20.8 Å². The lowest BCUT2D eigenvalue weighted by atomic mass is 9.87. The summed E-state index contributed by atoms with van der Waals surface area (Å²) >= 11 is 1.77. The molecule has 0 amide bonds. The second-order valence-electron chi connectivity index (χ2n) is 9.75. The molecule has 39 heavy (non-hydrogen) atoms. The smallest absolute Gasteiger partial charge is 0.0691 e. The van der Waals surface area contributed by atoms with Crippen LogP contribution in [0.5, 0.6) is 0 Å². The minimum atomic E-state index is 0.988. The fourth-order valence-electron chi connectivity index (χ4n) is 5.01. The molecular weight excluding hydrogens is 490 g/mol. The maximum atomic E-state index is 5.07. The van der Waals surface area contributed by atoms with E-state index in [2.05, 4.69) is 154 Å². The van der Waals surface area contributed by atoms with Gasteiger partial charge in [-0.1, -0.05) is 109 Å². The fourth-order valence-corrected chi connectivity index (χ4v) is 5.72. The van der Waals surface area contributed by atoms with E-state index in [1.807, 2.05) is 0 Å². The predicted octanol–water partition coefficient (Wildman–Crippen LogP) is 10.8. The summed E-state index contributed by atoms with van der Waals surface area (Å²) in [6.07, 6.45) is 4.40. The molecule has 5 rings (SSSR count). The van der Waals surface area contributed by atoms with Crippen LogP contribution in [0, 0.1) is 13.8 Å². The maximum absolute atomic E-state index is 5.07. The molecule has 1 nitrogen and oxygen atoms in total. The molecule has 0 N–H and O–H groups in total. The van der Waals surface area contributed by atoms with Gasteiger partial charge in [0, 0.05) is 16.2 Å². The van der Waals surface area contributed by atoms with Crippen molar-refractivity contribution in [3.63, 3.8) is 0 Å². The molecule has 5 aromatic rings. The minimum Gasteiger partial charge on any atom is -0.253 e. The van der Waals surface area contributed by atoms with Crippen molar-refractivity contribution in [1.29, 1.82) is 0 Å². The van der Waals surface area contributed by atoms with Gasteiger partial charge in [0.25, 0.3) is 0 Å². The minimum absolute atomic E-state index is 0.988. The molecule has 0 fully saturated rings. The molecule has 0 unspecified atom stereocenters. The van der Waals surface area contributed by atoms with Crippen molar-refractivity contribution in [2.24, 2.45) is 4.99 Å². The third-order valence-corrected chi connectivity index (χ3v) is 7.71. The van der Waals surface area contributed by atoms with Gasteiger partial charge in [-0.3, -0.25) is 4.99 Å². The quantitative estimate of drug-likeness (QED) is 0.193. The molecule has 0 radical (unpaired) electrons. The average Bonchev–Trinajstić information content (AvgIpc) is 2.98. The van der Waals surface area contributed by atoms with Crippen LogP contribution in [0.3, 0.4) is 0 Å². The van der Waals surface area contributed by atoms with Crippen LogP contribution in [0.15, 0.2) is 132 Å². The van der Waals surface area contributed by atoms with Crippen LogP contribution in [0.1, 0.15) is 23.6 Å². The van der Waals surface area contributed by atoms with Gasteiger partial charge in [0.15, 0.2) is 0 Å². The van der Waals surface area contributed by atoms with Crippen LogP contribution in [0.2, 0.25) is 0 Å². The van der Waals surface area contributed by atoms with Crippen molar-refractivity contribution in [1.82, 2.24) is 0 Å². The molecule has 0 atom stereocenters. The van der Waals surface area contributed by atoms with Gasteiger partial charge in [0.1, 0.15) is 0 Å². The number of aryl methyl sites for hydroxylation is 2. The summed E-state index contributed by atoms with van der Waals surface area (Å²) in [5.41, 5.74) is 12.9. The van der Waals surface area contributed by atoms with Crippen LogP contribution in [0.25, 0.3) is 38.3 Å². The van der Waals surface area contributed by atoms with E-state index in [0.29, 0.717) is 0 Å². The summed E-state index contributed by atoms with van der Waals surface area (Å²) in [6.45, 7) is 6.36. The molecule has 0 aliphatic carbocycles.